The Morgan fingerprint density at radius 2 is 2.26 bits per heavy atom. The molecule has 19 heavy (non-hydrogen) atoms. The predicted octanol–water partition coefficient (Wildman–Crippen LogP) is 1.93. The van der Waals surface area contributed by atoms with E-state index < -0.39 is 10.0 Å². The number of pyridine rings is 1. The normalized spacial score (nSPS) is 20.6. The number of hydrogen-bond donors (Lipinski definition) is 1. The molecule has 1 N–H and O–H groups in total. The number of rotatable bonds is 5. The van der Waals surface area contributed by atoms with Crippen LogP contribution in [0.5, 0.6) is 0 Å². The van der Waals surface area contributed by atoms with Crippen LogP contribution in [0.2, 0.25) is 0 Å². The molecule has 0 spiro atoms. The van der Waals surface area contributed by atoms with Gasteiger partial charge in [0.05, 0.1) is 0 Å². The minimum absolute atomic E-state index is 0.281. The van der Waals surface area contributed by atoms with Crippen molar-refractivity contribution in [3.05, 3.63) is 18.3 Å². The van der Waals surface area contributed by atoms with E-state index in [-0.39, 0.29) is 4.90 Å². The molecule has 1 fully saturated rings. The lowest BCUT2D eigenvalue weighted by Crippen LogP contribution is -2.28. The molecule has 1 atom stereocenters. The summed E-state index contributed by atoms with van der Waals surface area (Å²) in [4.78, 5) is 4.44. The van der Waals surface area contributed by atoms with Crippen molar-refractivity contribution in [2.24, 2.45) is 5.92 Å². The Hall–Kier alpha value is -1.14. The van der Waals surface area contributed by atoms with E-state index in [0.29, 0.717) is 19.0 Å². The minimum atomic E-state index is -3.37. The number of nitrogens with one attached hydrogen (secondary N) is 1. The standard InChI is InChI=1S/C13H21N3O2S/c1-3-7-14-13-5-4-12(9-15-13)19(17,18)16-8-6-11(2)10-16/h4-5,9,11H,3,6-8,10H2,1-2H3,(H,14,15). The van der Waals surface area contributed by atoms with Crippen LogP contribution in [-0.2, 0) is 10.0 Å². The Kier molecular flexibility index (Phi) is 4.42. The van der Waals surface area contributed by atoms with Crippen molar-refractivity contribution in [2.45, 2.75) is 31.6 Å². The van der Waals surface area contributed by atoms with E-state index in [2.05, 4.69) is 24.1 Å². The Balaban J connectivity index is 2.12. The molecule has 5 nitrogen and oxygen atoms in total. The molecule has 0 saturated carbocycles. The lowest BCUT2D eigenvalue weighted by atomic mass is 10.2. The Morgan fingerprint density at radius 1 is 1.47 bits per heavy atom. The second kappa shape index (κ2) is 5.88. The van der Waals surface area contributed by atoms with Gasteiger partial charge in [-0.3, -0.25) is 0 Å². The van der Waals surface area contributed by atoms with Gasteiger partial charge in [0, 0.05) is 25.8 Å². The highest BCUT2D eigenvalue weighted by molar-refractivity contribution is 7.89. The lowest BCUT2D eigenvalue weighted by molar-refractivity contribution is 0.464. The molecular formula is C13H21N3O2S. The average molecular weight is 283 g/mol. The van der Waals surface area contributed by atoms with E-state index in [4.69, 9.17) is 0 Å². The third-order valence-corrected chi connectivity index (χ3v) is 5.17. The second-order valence-corrected chi connectivity index (χ2v) is 7.00. The summed E-state index contributed by atoms with van der Waals surface area (Å²) in [7, 11) is -3.37. The summed E-state index contributed by atoms with van der Waals surface area (Å²) in [6, 6.07) is 3.35. The van der Waals surface area contributed by atoms with Gasteiger partial charge in [-0.2, -0.15) is 4.31 Å². The van der Waals surface area contributed by atoms with Crippen molar-refractivity contribution in [2.75, 3.05) is 25.0 Å². The molecule has 0 bridgehead atoms. The van der Waals surface area contributed by atoms with Gasteiger partial charge in [0.2, 0.25) is 10.0 Å². The van der Waals surface area contributed by atoms with Crippen LogP contribution in [0, 0.1) is 5.92 Å². The molecule has 1 aliphatic heterocycles. The SMILES string of the molecule is CCCNc1ccc(S(=O)(=O)N2CCC(C)C2)cn1. The fraction of sp³-hybridized carbons (Fsp3) is 0.615. The topological polar surface area (TPSA) is 62.3 Å². The summed E-state index contributed by atoms with van der Waals surface area (Å²) in [5, 5.41) is 3.13. The van der Waals surface area contributed by atoms with Crippen LogP contribution in [0.15, 0.2) is 23.2 Å². The van der Waals surface area contributed by atoms with E-state index in [1.807, 2.05) is 0 Å². The van der Waals surface area contributed by atoms with E-state index in [1.54, 1.807) is 16.4 Å². The van der Waals surface area contributed by atoms with Gasteiger partial charge < -0.3 is 5.32 Å². The number of hydrogen-bond acceptors (Lipinski definition) is 4. The monoisotopic (exact) mass is 283 g/mol. The maximum Gasteiger partial charge on any atom is 0.244 e. The summed E-state index contributed by atoms with van der Waals surface area (Å²) in [5.74, 6) is 1.16. The van der Waals surface area contributed by atoms with Gasteiger partial charge in [-0.05, 0) is 30.9 Å². The Morgan fingerprint density at radius 3 is 2.79 bits per heavy atom. The van der Waals surface area contributed by atoms with Crippen LogP contribution in [0.25, 0.3) is 0 Å². The molecule has 2 heterocycles. The van der Waals surface area contributed by atoms with Gasteiger partial charge >= 0.3 is 0 Å². The Labute approximate surface area is 115 Å². The summed E-state index contributed by atoms with van der Waals surface area (Å²) >= 11 is 0. The van der Waals surface area contributed by atoms with Crippen LogP contribution in [0.1, 0.15) is 26.7 Å². The second-order valence-electron chi connectivity index (χ2n) is 5.06. The van der Waals surface area contributed by atoms with Gasteiger partial charge in [-0.15, -0.1) is 0 Å². The highest BCUT2D eigenvalue weighted by Crippen LogP contribution is 2.23. The van der Waals surface area contributed by atoms with Gasteiger partial charge in [0.15, 0.2) is 0 Å². The zero-order valence-electron chi connectivity index (χ0n) is 11.5. The summed E-state index contributed by atoms with van der Waals surface area (Å²) in [5.41, 5.74) is 0. The molecular weight excluding hydrogens is 262 g/mol. The number of sulfonamides is 1. The van der Waals surface area contributed by atoms with Gasteiger partial charge in [0.25, 0.3) is 0 Å². The fourth-order valence-electron chi connectivity index (χ4n) is 2.15. The average Bonchev–Trinajstić information content (AvgIpc) is 2.84. The van der Waals surface area contributed by atoms with E-state index in [9.17, 15) is 8.42 Å². The smallest absolute Gasteiger partial charge is 0.244 e. The van der Waals surface area contributed by atoms with Crippen LogP contribution in [-0.4, -0.2) is 37.3 Å². The largest absolute Gasteiger partial charge is 0.370 e. The summed E-state index contributed by atoms with van der Waals surface area (Å²) in [6.45, 7) is 6.20. The van der Waals surface area contributed by atoms with Gasteiger partial charge in [0.1, 0.15) is 10.7 Å². The van der Waals surface area contributed by atoms with Crippen LogP contribution < -0.4 is 5.32 Å². The molecule has 0 radical (unpaired) electrons. The van der Waals surface area contributed by atoms with Crippen molar-refractivity contribution in [1.82, 2.24) is 9.29 Å². The molecule has 6 heteroatoms. The zero-order chi connectivity index (χ0) is 13.9. The minimum Gasteiger partial charge on any atom is -0.370 e. The lowest BCUT2D eigenvalue weighted by Gasteiger charge is -2.16. The molecule has 0 aromatic carbocycles. The first-order valence-corrected chi connectivity index (χ1v) is 8.18. The summed E-state index contributed by atoms with van der Waals surface area (Å²) < 4.78 is 26.3. The Bertz CT molecular complexity index is 513. The molecule has 2 rings (SSSR count). The highest BCUT2D eigenvalue weighted by atomic mass is 32.2. The van der Waals surface area contributed by atoms with E-state index in [0.717, 1.165) is 25.2 Å². The van der Waals surface area contributed by atoms with Crippen molar-refractivity contribution in [1.29, 1.82) is 0 Å². The first kappa shape index (κ1) is 14.3. The molecule has 1 aromatic heterocycles. The first-order chi connectivity index (χ1) is 9.04. The number of nitrogens with zero attached hydrogens (tertiary/aromatic N) is 2. The fourth-order valence-corrected chi connectivity index (χ4v) is 3.67. The molecule has 1 saturated heterocycles. The third kappa shape index (κ3) is 3.25. The van der Waals surface area contributed by atoms with E-state index >= 15 is 0 Å². The van der Waals surface area contributed by atoms with Gasteiger partial charge in [-0.25, -0.2) is 13.4 Å². The van der Waals surface area contributed by atoms with Crippen molar-refractivity contribution < 1.29 is 8.42 Å². The zero-order valence-corrected chi connectivity index (χ0v) is 12.3. The molecule has 0 amide bonds. The van der Waals surface area contributed by atoms with E-state index in [1.165, 1.54) is 6.20 Å². The maximum absolute atomic E-state index is 12.4. The van der Waals surface area contributed by atoms with Gasteiger partial charge in [-0.1, -0.05) is 13.8 Å². The maximum atomic E-state index is 12.4. The van der Waals surface area contributed by atoms with Crippen LogP contribution >= 0.6 is 0 Å². The highest BCUT2D eigenvalue weighted by Gasteiger charge is 2.30. The van der Waals surface area contributed by atoms with Crippen molar-refractivity contribution in [3.63, 3.8) is 0 Å². The first-order valence-electron chi connectivity index (χ1n) is 6.74. The van der Waals surface area contributed by atoms with Crippen LogP contribution in [0.4, 0.5) is 5.82 Å². The third-order valence-electron chi connectivity index (χ3n) is 3.32. The van der Waals surface area contributed by atoms with Crippen molar-refractivity contribution >= 4 is 15.8 Å². The quantitative estimate of drug-likeness (QED) is 0.897. The molecule has 1 aliphatic rings. The molecule has 106 valence electrons. The molecule has 1 unspecified atom stereocenters. The summed E-state index contributed by atoms with van der Waals surface area (Å²) in [6.07, 6.45) is 3.38. The molecule has 1 aromatic rings. The number of anilines is 1. The molecule has 0 aliphatic carbocycles. The predicted molar refractivity (Wildman–Crippen MR) is 75.6 cm³/mol. The van der Waals surface area contributed by atoms with Crippen molar-refractivity contribution in [3.8, 4) is 0 Å². The van der Waals surface area contributed by atoms with Crippen LogP contribution in [0.3, 0.4) is 0 Å². The number of aromatic nitrogens is 1.